The first-order chi connectivity index (χ1) is 8.93. The first-order valence-electron chi connectivity index (χ1n) is 7.32. The Labute approximate surface area is 117 Å². The van der Waals surface area contributed by atoms with Gasteiger partial charge in [0, 0.05) is 30.7 Å². The minimum Gasteiger partial charge on any atom is -0.381 e. The molecular weight excluding hydrogens is 234 g/mol. The molecule has 0 saturated carbocycles. The van der Waals surface area contributed by atoms with Gasteiger partial charge in [-0.15, -0.1) is 0 Å². The molecule has 1 aromatic carbocycles. The van der Waals surface area contributed by atoms with Gasteiger partial charge in [-0.25, -0.2) is 0 Å². The van der Waals surface area contributed by atoms with Crippen LogP contribution in [0.4, 0.5) is 0 Å². The summed E-state index contributed by atoms with van der Waals surface area (Å²) < 4.78 is 5.59. The van der Waals surface area contributed by atoms with E-state index in [2.05, 4.69) is 57.3 Å². The fourth-order valence-electron chi connectivity index (χ4n) is 2.91. The SMILES string of the molecule is Cc1ccccc1C1(CNC(C)(C)C)CCOCC1. The Morgan fingerprint density at radius 1 is 1.16 bits per heavy atom. The molecule has 0 bridgehead atoms. The van der Waals surface area contributed by atoms with Crippen molar-refractivity contribution in [2.45, 2.75) is 51.5 Å². The molecule has 1 aliphatic rings. The van der Waals surface area contributed by atoms with E-state index in [4.69, 9.17) is 4.74 Å². The second-order valence-electron chi connectivity index (χ2n) is 6.81. The fraction of sp³-hybridized carbons (Fsp3) is 0.647. The van der Waals surface area contributed by atoms with Crippen molar-refractivity contribution in [3.63, 3.8) is 0 Å². The van der Waals surface area contributed by atoms with Crippen LogP contribution in [0.1, 0.15) is 44.7 Å². The van der Waals surface area contributed by atoms with Crippen LogP contribution in [-0.4, -0.2) is 25.3 Å². The first-order valence-corrected chi connectivity index (χ1v) is 7.32. The molecule has 0 atom stereocenters. The van der Waals surface area contributed by atoms with Gasteiger partial charge in [-0.2, -0.15) is 0 Å². The first kappa shape index (κ1) is 14.5. The maximum atomic E-state index is 5.59. The number of hydrogen-bond acceptors (Lipinski definition) is 2. The summed E-state index contributed by atoms with van der Waals surface area (Å²) in [5.74, 6) is 0. The predicted octanol–water partition coefficient (Wildman–Crippen LogP) is 3.43. The van der Waals surface area contributed by atoms with Gasteiger partial charge in [0.25, 0.3) is 0 Å². The van der Waals surface area contributed by atoms with Crippen LogP contribution in [0.3, 0.4) is 0 Å². The smallest absolute Gasteiger partial charge is 0.0475 e. The van der Waals surface area contributed by atoms with E-state index in [-0.39, 0.29) is 11.0 Å². The zero-order valence-corrected chi connectivity index (χ0v) is 12.8. The van der Waals surface area contributed by atoms with Crippen LogP contribution in [0, 0.1) is 6.92 Å². The van der Waals surface area contributed by atoms with Crippen LogP contribution in [0.25, 0.3) is 0 Å². The molecule has 106 valence electrons. The van der Waals surface area contributed by atoms with Crippen molar-refractivity contribution in [3.8, 4) is 0 Å². The molecule has 2 heteroatoms. The molecule has 0 amide bonds. The Morgan fingerprint density at radius 3 is 2.37 bits per heavy atom. The normalized spacial score (nSPS) is 19.4. The summed E-state index contributed by atoms with van der Waals surface area (Å²) in [4.78, 5) is 0. The standard InChI is InChI=1S/C17H27NO/c1-14-7-5-6-8-15(14)17(9-11-19-12-10-17)13-18-16(2,3)4/h5-8,18H,9-13H2,1-4H3. The monoisotopic (exact) mass is 261 g/mol. The molecule has 0 unspecified atom stereocenters. The van der Waals surface area contributed by atoms with Crippen LogP contribution < -0.4 is 5.32 Å². The van der Waals surface area contributed by atoms with E-state index in [0.29, 0.717) is 0 Å². The zero-order chi connectivity index (χ0) is 13.9. The maximum absolute atomic E-state index is 5.59. The fourth-order valence-corrected chi connectivity index (χ4v) is 2.91. The highest BCUT2D eigenvalue weighted by atomic mass is 16.5. The second-order valence-corrected chi connectivity index (χ2v) is 6.81. The number of aryl methyl sites for hydroxylation is 1. The van der Waals surface area contributed by atoms with Crippen molar-refractivity contribution >= 4 is 0 Å². The van der Waals surface area contributed by atoms with Gasteiger partial charge in [0.15, 0.2) is 0 Å². The van der Waals surface area contributed by atoms with Crippen molar-refractivity contribution in [3.05, 3.63) is 35.4 Å². The number of ether oxygens (including phenoxy) is 1. The number of benzene rings is 1. The van der Waals surface area contributed by atoms with Gasteiger partial charge < -0.3 is 10.1 Å². The maximum Gasteiger partial charge on any atom is 0.0475 e. The minimum absolute atomic E-state index is 0.161. The average Bonchev–Trinajstić information content (AvgIpc) is 2.37. The number of hydrogen-bond donors (Lipinski definition) is 1. The average molecular weight is 261 g/mol. The lowest BCUT2D eigenvalue weighted by atomic mass is 9.72. The van der Waals surface area contributed by atoms with Crippen LogP contribution in [0.2, 0.25) is 0 Å². The largest absolute Gasteiger partial charge is 0.381 e. The summed E-state index contributed by atoms with van der Waals surface area (Å²) in [6, 6.07) is 8.81. The molecule has 1 saturated heterocycles. The van der Waals surface area contributed by atoms with Crippen LogP contribution >= 0.6 is 0 Å². The van der Waals surface area contributed by atoms with Crippen molar-refractivity contribution in [2.24, 2.45) is 0 Å². The molecule has 0 aliphatic carbocycles. The van der Waals surface area contributed by atoms with Crippen molar-refractivity contribution in [1.82, 2.24) is 5.32 Å². The minimum atomic E-state index is 0.161. The highest BCUT2D eigenvalue weighted by Crippen LogP contribution is 2.36. The zero-order valence-electron chi connectivity index (χ0n) is 12.8. The van der Waals surface area contributed by atoms with Crippen molar-refractivity contribution in [1.29, 1.82) is 0 Å². The van der Waals surface area contributed by atoms with Gasteiger partial charge in [0.1, 0.15) is 0 Å². The summed E-state index contributed by atoms with van der Waals surface area (Å²) in [6.45, 7) is 11.7. The summed E-state index contributed by atoms with van der Waals surface area (Å²) in [7, 11) is 0. The van der Waals surface area contributed by atoms with Gasteiger partial charge in [0.2, 0.25) is 0 Å². The molecule has 1 fully saturated rings. The predicted molar refractivity (Wildman–Crippen MR) is 80.7 cm³/mol. The van der Waals surface area contributed by atoms with E-state index < -0.39 is 0 Å². The van der Waals surface area contributed by atoms with E-state index in [9.17, 15) is 0 Å². The Hall–Kier alpha value is -0.860. The highest BCUT2D eigenvalue weighted by molar-refractivity contribution is 5.34. The van der Waals surface area contributed by atoms with Crippen LogP contribution in [0.15, 0.2) is 24.3 Å². The van der Waals surface area contributed by atoms with Gasteiger partial charge in [-0.1, -0.05) is 24.3 Å². The lowest BCUT2D eigenvalue weighted by molar-refractivity contribution is 0.0474. The Bertz CT molecular complexity index is 414. The third-order valence-electron chi connectivity index (χ3n) is 4.12. The lowest BCUT2D eigenvalue weighted by Crippen LogP contribution is -2.48. The van der Waals surface area contributed by atoms with Crippen molar-refractivity contribution < 1.29 is 4.74 Å². The van der Waals surface area contributed by atoms with Crippen LogP contribution in [-0.2, 0) is 10.2 Å². The topological polar surface area (TPSA) is 21.3 Å². The molecule has 2 rings (SSSR count). The third-order valence-corrected chi connectivity index (χ3v) is 4.12. The molecule has 1 aromatic rings. The summed E-state index contributed by atoms with van der Waals surface area (Å²) >= 11 is 0. The summed E-state index contributed by atoms with van der Waals surface area (Å²) in [6.07, 6.45) is 2.22. The molecule has 1 heterocycles. The van der Waals surface area contributed by atoms with Gasteiger partial charge >= 0.3 is 0 Å². The number of rotatable bonds is 3. The molecule has 19 heavy (non-hydrogen) atoms. The molecule has 0 spiro atoms. The Morgan fingerprint density at radius 2 is 1.79 bits per heavy atom. The lowest BCUT2D eigenvalue weighted by Gasteiger charge is -2.41. The second kappa shape index (κ2) is 5.64. The molecular formula is C17H27NO. The Kier molecular flexibility index (Phi) is 4.32. The number of nitrogens with one attached hydrogen (secondary N) is 1. The summed E-state index contributed by atoms with van der Waals surface area (Å²) in [5, 5.41) is 3.70. The van der Waals surface area contributed by atoms with E-state index in [1.165, 1.54) is 11.1 Å². The van der Waals surface area contributed by atoms with E-state index >= 15 is 0 Å². The molecule has 2 nitrogen and oxygen atoms in total. The Balaban J connectivity index is 2.27. The highest BCUT2D eigenvalue weighted by Gasteiger charge is 2.36. The van der Waals surface area contributed by atoms with Gasteiger partial charge in [-0.05, 0) is 51.7 Å². The third kappa shape index (κ3) is 3.58. The van der Waals surface area contributed by atoms with Crippen molar-refractivity contribution in [2.75, 3.05) is 19.8 Å². The molecule has 0 aromatic heterocycles. The quantitative estimate of drug-likeness (QED) is 0.900. The van der Waals surface area contributed by atoms with Crippen LogP contribution in [0.5, 0.6) is 0 Å². The van der Waals surface area contributed by atoms with Gasteiger partial charge in [0.05, 0.1) is 0 Å². The van der Waals surface area contributed by atoms with E-state index in [0.717, 1.165) is 32.6 Å². The van der Waals surface area contributed by atoms with E-state index in [1.54, 1.807) is 0 Å². The summed E-state index contributed by atoms with van der Waals surface area (Å²) in [5.41, 5.74) is 3.29. The van der Waals surface area contributed by atoms with Gasteiger partial charge in [-0.3, -0.25) is 0 Å². The molecule has 1 aliphatic heterocycles. The molecule has 0 radical (unpaired) electrons. The molecule has 1 N–H and O–H groups in total. The van der Waals surface area contributed by atoms with E-state index in [1.807, 2.05) is 0 Å².